The highest BCUT2D eigenvalue weighted by Crippen LogP contribution is 2.23. The number of aryl methyl sites for hydroxylation is 1. The van der Waals surface area contributed by atoms with E-state index in [0.29, 0.717) is 23.1 Å². The molecule has 2 nitrogen and oxygen atoms in total. The van der Waals surface area contributed by atoms with Crippen molar-refractivity contribution >= 4 is 17.3 Å². The zero-order valence-corrected chi connectivity index (χ0v) is 10.7. The van der Waals surface area contributed by atoms with Crippen LogP contribution in [-0.4, -0.2) is 0 Å². The fourth-order valence-corrected chi connectivity index (χ4v) is 1.81. The molecule has 0 aliphatic heterocycles. The van der Waals surface area contributed by atoms with Gasteiger partial charge in [0.05, 0.1) is 0 Å². The van der Waals surface area contributed by atoms with Crippen molar-refractivity contribution in [3.05, 3.63) is 58.4 Å². The van der Waals surface area contributed by atoms with Gasteiger partial charge in [-0.3, -0.25) is 0 Å². The number of nitrogens with two attached hydrogens (primary N) is 1. The summed E-state index contributed by atoms with van der Waals surface area (Å²) in [6, 6.07) is 9.62. The van der Waals surface area contributed by atoms with Crippen LogP contribution < -0.4 is 10.5 Å². The number of anilines is 1. The van der Waals surface area contributed by atoms with Crippen molar-refractivity contribution in [3.8, 4) is 5.75 Å². The zero-order chi connectivity index (χ0) is 13.1. The molecule has 0 fully saturated rings. The van der Waals surface area contributed by atoms with Crippen LogP contribution in [0.15, 0.2) is 36.4 Å². The van der Waals surface area contributed by atoms with Gasteiger partial charge in [-0.2, -0.15) is 0 Å². The Morgan fingerprint density at radius 1 is 1.22 bits per heavy atom. The number of nitrogen functional groups attached to an aromatic ring is 1. The third kappa shape index (κ3) is 2.93. The molecule has 2 aromatic carbocycles. The Bertz CT molecular complexity index is 572. The number of hydrogen-bond donors (Lipinski definition) is 1. The molecule has 0 aliphatic rings. The maximum absolute atomic E-state index is 12.9. The molecule has 0 atom stereocenters. The van der Waals surface area contributed by atoms with Crippen molar-refractivity contribution in [2.45, 2.75) is 13.5 Å². The van der Waals surface area contributed by atoms with Crippen LogP contribution in [0.25, 0.3) is 0 Å². The Labute approximate surface area is 110 Å². The van der Waals surface area contributed by atoms with Gasteiger partial charge in [-0.15, -0.1) is 0 Å². The summed E-state index contributed by atoms with van der Waals surface area (Å²) in [5.74, 6) is 0.358. The molecule has 0 radical (unpaired) electrons. The van der Waals surface area contributed by atoms with Crippen LogP contribution in [-0.2, 0) is 6.61 Å². The molecular formula is C14H13ClFNO. The number of hydrogen-bond acceptors (Lipinski definition) is 2. The first-order valence-corrected chi connectivity index (χ1v) is 5.87. The molecule has 18 heavy (non-hydrogen) atoms. The molecular weight excluding hydrogens is 253 g/mol. The first-order chi connectivity index (χ1) is 8.56. The molecule has 94 valence electrons. The molecule has 0 heterocycles. The van der Waals surface area contributed by atoms with Crippen LogP contribution in [0.4, 0.5) is 10.1 Å². The number of benzene rings is 2. The van der Waals surface area contributed by atoms with Gasteiger partial charge in [0, 0.05) is 16.3 Å². The maximum Gasteiger partial charge on any atom is 0.123 e. The third-order valence-electron chi connectivity index (χ3n) is 2.59. The predicted molar refractivity (Wildman–Crippen MR) is 71.3 cm³/mol. The van der Waals surface area contributed by atoms with Gasteiger partial charge in [0.15, 0.2) is 0 Å². The minimum Gasteiger partial charge on any atom is -0.489 e. The van der Waals surface area contributed by atoms with E-state index in [1.165, 1.54) is 12.1 Å². The molecule has 0 aromatic heterocycles. The number of rotatable bonds is 3. The topological polar surface area (TPSA) is 35.2 Å². The second-order valence-corrected chi connectivity index (χ2v) is 4.46. The van der Waals surface area contributed by atoms with Crippen LogP contribution in [0.1, 0.15) is 11.1 Å². The Hall–Kier alpha value is -1.74. The summed E-state index contributed by atoms with van der Waals surface area (Å²) in [6.07, 6.45) is 0. The minimum absolute atomic E-state index is 0.276. The Morgan fingerprint density at radius 3 is 2.72 bits per heavy atom. The lowest BCUT2D eigenvalue weighted by Gasteiger charge is -2.10. The lowest BCUT2D eigenvalue weighted by atomic mass is 10.2. The molecule has 2 aromatic rings. The summed E-state index contributed by atoms with van der Waals surface area (Å²) in [5, 5.41) is 0.601. The van der Waals surface area contributed by atoms with E-state index < -0.39 is 0 Å². The standard InChI is InChI=1S/C14H13ClFNO/c1-9-6-11(16)2-5-14(9)18-8-10-7-12(17)3-4-13(10)15/h2-7H,8,17H2,1H3. The zero-order valence-electron chi connectivity index (χ0n) is 9.91. The largest absolute Gasteiger partial charge is 0.489 e. The minimum atomic E-state index is -0.276. The SMILES string of the molecule is Cc1cc(F)ccc1OCc1cc(N)ccc1Cl. The van der Waals surface area contributed by atoms with Crippen molar-refractivity contribution in [3.63, 3.8) is 0 Å². The molecule has 4 heteroatoms. The van der Waals surface area contributed by atoms with Crippen LogP contribution in [0, 0.1) is 12.7 Å². The lowest BCUT2D eigenvalue weighted by molar-refractivity contribution is 0.303. The summed E-state index contributed by atoms with van der Waals surface area (Å²) in [7, 11) is 0. The molecule has 0 saturated heterocycles. The van der Waals surface area contributed by atoms with Gasteiger partial charge in [-0.05, 0) is 48.9 Å². The van der Waals surface area contributed by atoms with E-state index in [9.17, 15) is 4.39 Å². The first-order valence-electron chi connectivity index (χ1n) is 5.49. The Kier molecular flexibility index (Phi) is 3.72. The van der Waals surface area contributed by atoms with E-state index in [-0.39, 0.29) is 5.82 Å². The second kappa shape index (κ2) is 5.27. The van der Waals surface area contributed by atoms with Gasteiger partial charge in [-0.1, -0.05) is 11.6 Å². The van der Waals surface area contributed by atoms with Crippen molar-refractivity contribution in [1.82, 2.24) is 0 Å². The average molecular weight is 266 g/mol. The molecule has 0 bridgehead atoms. The fourth-order valence-electron chi connectivity index (χ4n) is 1.64. The first kappa shape index (κ1) is 12.7. The van der Waals surface area contributed by atoms with Gasteiger partial charge >= 0.3 is 0 Å². The summed E-state index contributed by atoms with van der Waals surface area (Å²) in [4.78, 5) is 0. The average Bonchev–Trinajstić information content (AvgIpc) is 2.32. The van der Waals surface area contributed by atoms with E-state index in [0.717, 1.165) is 11.1 Å². The highest BCUT2D eigenvalue weighted by Gasteiger charge is 2.05. The Morgan fingerprint density at radius 2 is 2.00 bits per heavy atom. The van der Waals surface area contributed by atoms with E-state index in [4.69, 9.17) is 22.1 Å². The van der Waals surface area contributed by atoms with Crippen LogP contribution in [0.5, 0.6) is 5.75 Å². The van der Waals surface area contributed by atoms with E-state index in [2.05, 4.69) is 0 Å². The molecule has 0 unspecified atom stereocenters. The van der Waals surface area contributed by atoms with Crippen molar-refractivity contribution in [1.29, 1.82) is 0 Å². The predicted octanol–water partition coefficient (Wildman–Crippen LogP) is 3.95. The number of ether oxygens (including phenoxy) is 1. The molecule has 0 amide bonds. The molecule has 0 spiro atoms. The summed E-state index contributed by atoms with van der Waals surface area (Å²) in [6.45, 7) is 2.09. The molecule has 0 aliphatic carbocycles. The van der Waals surface area contributed by atoms with E-state index >= 15 is 0 Å². The van der Waals surface area contributed by atoms with Crippen molar-refractivity contribution in [2.24, 2.45) is 0 Å². The van der Waals surface area contributed by atoms with E-state index in [1.54, 1.807) is 31.2 Å². The van der Waals surface area contributed by atoms with Crippen molar-refractivity contribution < 1.29 is 9.13 Å². The van der Waals surface area contributed by atoms with E-state index in [1.807, 2.05) is 0 Å². The molecule has 2 N–H and O–H groups in total. The fraction of sp³-hybridized carbons (Fsp3) is 0.143. The summed E-state index contributed by atoms with van der Waals surface area (Å²) >= 11 is 6.03. The van der Waals surface area contributed by atoms with Gasteiger partial charge < -0.3 is 10.5 Å². The quantitative estimate of drug-likeness (QED) is 0.853. The molecule has 2 rings (SSSR count). The highest BCUT2D eigenvalue weighted by atomic mass is 35.5. The van der Waals surface area contributed by atoms with Gasteiger partial charge in [-0.25, -0.2) is 4.39 Å². The maximum atomic E-state index is 12.9. The van der Waals surface area contributed by atoms with Crippen molar-refractivity contribution in [2.75, 3.05) is 5.73 Å². The van der Waals surface area contributed by atoms with Gasteiger partial charge in [0.2, 0.25) is 0 Å². The van der Waals surface area contributed by atoms with Gasteiger partial charge in [0.25, 0.3) is 0 Å². The van der Waals surface area contributed by atoms with Crippen LogP contribution >= 0.6 is 11.6 Å². The smallest absolute Gasteiger partial charge is 0.123 e. The Balaban J connectivity index is 2.13. The summed E-state index contributed by atoms with van der Waals surface area (Å²) in [5.41, 5.74) is 7.87. The normalized spacial score (nSPS) is 10.4. The van der Waals surface area contributed by atoms with Crippen LogP contribution in [0.3, 0.4) is 0 Å². The third-order valence-corrected chi connectivity index (χ3v) is 2.96. The monoisotopic (exact) mass is 265 g/mol. The van der Waals surface area contributed by atoms with Crippen LogP contribution in [0.2, 0.25) is 5.02 Å². The lowest BCUT2D eigenvalue weighted by Crippen LogP contribution is -1.99. The highest BCUT2D eigenvalue weighted by molar-refractivity contribution is 6.31. The summed E-state index contributed by atoms with van der Waals surface area (Å²) < 4.78 is 18.5. The second-order valence-electron chi connectivity index (χ2n) is 4.05. The van der Waals surface area contributed by atoms with Gasteiger partial charge in [0.1, 0.15) is 18.2 Å². The molecule has 0 saturated carbocycles. The number of halogens is 2.